The second-order valence-electron chi connectivity index (χ2n) is 7.41. The number of methoxy groups -OCH3 is 2. The van der Waals surface area contributed by atoms with Crippen molar-refractivity contribution in [3.63, 3.8) is 0 Å². The molecule has 4 aromatic rings. The largest absolute Gasteiger partial charge is 0.491 e. The minimum Gasteiger partial charge on any atom is -0.491 e. The first-order valence-corrected chi connectivity index (χ1v) is 10.1. The van der Waals surface area contributed by atoms with Gasteiger partial charge < -0.3 is 20.1 Å². The van der Waals surface area contributed by atoms with Crippen molar-refractivity contribution >= 4 is 23.1 Å². The lowest BCUT2D eigenvalue weighted by atomic mass is 10.1. The number of amides is 1. The highest BCUT2D eigenvalue weighted by molar-refractivity contribution is 5.92. The van der Waals surface area contributed by atoms with Crippen LogP contribution in [0.3, 0.4) is 0 Å². The van der Waals surface area contributed by atoms with Gasteiger partial charge in [0.2, 0.25) is 0 Å². The number of pyridine rings is 3. The van der Waals surface area contributed by atoms with Gasteiger partial charge in [0, 0.05) is 30.1 Å². The second-order valence-corrected chi connectivity index (χ2v) is 7.41. The van der Waals surface area contributed by atoms with Crippen LogP contribution in [0.4, 0.5) is 11.6 Å². The Bertz CT molecular complexity index is 1270. The summed E-state index contributed by atoms with van der Waals surface area (Å²) in [6, 6.07) is 13.0. The molecule has 32 heavy (non-hydrogen) atoms. The topological polar surface area (TPSA) is 103 Å². The number of fused-ring (bicyclic) bond motifs is 1. The minimum absolute atomic E-state index is 0.0365. The van der Waals surface area contributed by atoms with E-state index in [2.05, 4.69) is 25.7 Å². The molecule has 0 aliphatic carbocycles. The number of aromatic nitrogens is 4. The van der Waals surface area contributed by atoms with E-state index in [4.69, 9.17) is 9.47 Å². The molecule has 0 fully saturated rings. The molecule has 4 heterocycles. The van der Waals surface area contributed by atoms with Crippen LogP contribution in [-0.4, -0.2) is 45.8 Å². The third kappa shape index (κ3) is 4.46. The number of carbonyl (C=O) groups is 1. The summed E-state index contributed by atoms with van der Waals surface area (Å²) in [7, 11) is 3.13. The third-order valence-corrected chi connectivity index (χ3v) is 4.69. The number of rotatable bonds is 7. The molecule has 164 valence electrons. The molecular formula is C23H24N6O3. The lowest BCUT2D eigenvalue weighted by Gasteiger charge is -2.08. The summed E-state index contributed by atoms with van der Waals surface area (Å²) < 4.78 is 12.3. The molecule has 4 rings (SSSR count). The Morgan fingerprint density at radius 1 is 1.03 bits per heavy atom. The fourth-order valence-electron chi connectivity index (χ4n) is 3.22. The van der Waals surface area contributed by atoms with Gasteiger partial charge in [-0.05, 0) is 49.7 Å². The molecule has 0 aliphatic heterocycles. The van der Waals surface area contributed by atoms with Gasteiger partial charge >= 0.3 is 0 Å². The summed E-state index contributed by atoms with van der Waals surface area (Å²) in [6.45, 7) is 3.81. The quantitative estimate of drug-likeness (QED) is 0.459. The number of ether oxygens (including phenoxy) is 2. The lowest BCUT2D eigenvalue weighted by Crippen LogP contribution is -2.30. The predicted octanol–water partition coefficient (Wildman–Crippen LogP) is 3.69. The standard InChI is InChI=1S/C23H24N6O3/c1-14(2)25-22(30)18-6-5-7-20(26-18)27-21-12-17-10-15(8-9-29(17)28-21)16-11-19(31-3)23(32-4)24-13-16/h5-14H,1-4H3,(H,25,30)(H,26,27,28). The Balaban J connectivity index is 1.58. The SMILES string of the molecule is COc1cc(-c2ccn3nc(Nc4cccc(C(=O)NC(C)C)n4)cc3c2)cnc1OC. The smallest absolute Gasteiger partial charge is 0.270 e. The Labute approximate surface area is 185 Å². The molecule has 1 amide bonds. The van der Waals surface area contributed by atoms with Gasteiger partial charge in [0.1, 0.15) is 11.5 Å². The van der Waals surface area contributed by atoms with Crippen molar-refractivity contribution in [3.05, 3.63) is 60.6 Å². The van der Waals surface area contributed by atoms with E-state index in [9.17, 15) is 4.79 Å². The molecule has 0 bridgehead atoms. The van der Waals surface area contributed by atoms with Crippen molar-refractivity contribution in [2.24, 2.45) is 0 Å². The Morgan fingerprint density at radius 2 is 1.88 bits per heavy atom. The van der Waals surface area contributed by atoms with E-state index in [1.807, 2.05) is 44.3 Å². The predicted molar refractivity (Wildman–Crippen MR) is 122 cm³/mol. The van der Waals surface area contributed by atoms with E-state index in [1.54, 1.807) is 43.1 Å². The first-order chi connectivity index (χ1) is 15.5. The van der Waals surface area contributed by atoms with E-state index in [0.717, 1.165) is 16.6 Å². The molecule has 9 nitrogen and oxygen atoms in total. The maximum absolute atomic E-state index is 12.2. The van der Waals surface area contributed by atoms with Crippen molar-refractivity contribution in [2.45, 2.75) is 19.9 Å². The van der Waals surface area contributed by atoms with Crippen LogP contribution < -0.4 is 20.1 Å². The maximum Gasteiger partial charge on any atom is 0.270 e. The molecule has 0 unspecified atom stereocenters. The maximum atomic E-state index is 12.2. The highest BCUT2D eigenvalue weighted by Gasteiger charge is 2.12. The lowest BCUT2D eigenvalue weighted by molar-refractivity contribution is 0.0938. The molecule has 0 spiro atoms. The van der Waals surface area contributed by atoms with Crippen LogP contribution in [0.25, 0.3) is 16.6 Å². The van der Waals surface area contributed by atoms with Crippen LogP contribution in [0.5, 0.6) is 11.6 Å². The summed E-state index contributed by atoms with van der Waals surface area (Å²) in [4.78, 5) is 20.9. The van der Waals surface area contributed by atoms with Crippen molar-refractivity contribution in [2.75, 3.05) is 19.5 Å². The second kappa shape index (κ2) is 8.93. The van der Waals surface area contributed by atoms with Crippen LogP contribution in [0.15, 0.2) is 54.9 Å². The number of nitrogens with one attached hydrogen (secondary N) is 2. The zero-order valence-corrected chi connectivity index (χ0v) is 18.3. The van der Waals surface area contributed by atoms with Crippen LogP contribution in [0, 0.1) is 0 Å². The normalized spacial score (nSPS) is 10.9. The molecule has 9 heteroatoms. The molecule has 0 saturated heterocycles. The number of anilines is 2. The van der Waals surface area contributed by atoms with Gasteiger partial charge in [-0.3, -0.25) is 4.79 Å². The number of nitrogens with zero attached hydrogens (tertiary/aromatic N) is 4. The van der Waals surface area contributed by atoms with Gasteiger partial charge in [0.05, 0.1) is 19.7 Å². The summed E-state index contributed by atoms with van der Waals surface area (Å²) >= 11 is 0. The Kier molecular flexibility index (Phi) is 5.89. The van der Waals surface area contributed by atoms with Gasteiger partial charge in [-0.2, -0.15) is 5.10 Å². The number of carbonyl (C=O) groups excluding carboxylic acids is 1. The Morgan fingerprint density at radius 3 is 2.62 bits per heavy atom. The molecule has 0 aliphatic rings. The minimum atomic E-state index is -0.216. The summed E-state index contributed by atoms with van der Waals surface area (Å²) in [5, 5.41) is 10.5. The van der Waals surface area contributed by atoms with E-state index in [-0.39, 0.29) is 11.9 Å². The highest BCUT2D eigenvalue weighted by atomic mass is 16.5. The zero-order valence-electron chi connectivity index (χ0n) is 18.3. The van der Waals surface area contributed by atoms with Crippen LogP contribution in [-0.2, 0) is 0 Å². The average Bonchev–Trinajstić information content (AvgIpc) is 3.19. The van der Waals surface area contributed by atoms with Crippen molar-refractivity contribution < 1.29 is 14.3 Å². The summed E-state index contributed by atoms with van der Waals surface area (Å²) in [6.07, 6.45) is 3.60. The summed E-state index contributed by atoms with van der Waals surface area (Å²) in [5.41, 5.74) is 3.08. The molecule has 0 atom stereocenters. The molecule has 0 radical (unpaired) electrons. The van der Waals surface area contributed by atoms with E-state index in [1.165, 1.54) is 0 Å². The van der Waals surface area contributed by atoms with Crippen molar-refractivity contribution in [1.82, 2.24) is 24.9 Å². The van der Waals surface area contributed by atoms with Gasteiger partial charge in [0.15, 0.2) is 11.6 Å². The number of hydrogen-bond donors (Lipinski definition) is 2. The van der Waals surface area contributed by atoms with E-state index in [0.29, 0.717) is 29.0 Å². The molecule has 0 saturated carbocycles. The monoisotopic (exact) mass is 432 g/mol. The summed E-state index contributed by atoms with van der Waals surface area (Å²) in [5.74, 6) is 1.93. The number of hydrogen-bond acceptors (Lipinski definition) is 7. The first-order valence-electron chi connectivity index (χ1n) is 10.1. The molecule has 0 aromatic carbocycles. The Hall–Kier alpha value is -4.14. The van der Waals surface area contributed by atoms with Crippen LogP contribution >= 0.6 is 0 Å². The molecule has 2 N–H and O–H groups in total. The van der Waals surface area contributed by atoms with Gasteiger partial charge in [0.25, 0.3) is 11.8 Å². The third-order valence-electron chi connectivity index (χ3n) is 4.69. The van der Waals surface area contributed by atoms with Crippen LogP contribution in [0.2, 0.25) is 0 Å². The van der Waals surface area contributed by atoms with Gasteiger partial charge in [-0.25, -0.2) is 14.5 Å². The van der Waals surface area contributed by atoms with Crippen LogP contribution in [0.1, 0.15) is 24.3 Å². The first kappa shape index (κ1) is 21.1. The van der Waals surface area contributed by atoms with Gasteiger partial charge in [-0.1, -0.05) is 6.07 Å². The van der Waals surface area contributed by atoms with E-state index >= 15 is 0 Å². The highest BCUT2D eigenvalue weighted by Crippen LogP contribution is 2.30. The van der Waals surface area contributed by atoms with Crippen molar-refractivity contribution in [1.29, 1.82) is 0 Å². The van der Waals surface area contributed by atoms with E-state index < -0.39 is 0 Å². The van der Waals surface area contributed by atoms with Gasteiger partial charge in [-0.15, -0.1) is 0 Å². The van der Waals surface area contributed by atoms with Crippen molar-refractivity contribution in [3.8, 4) is 22.8 Å². The average molecular weight is 432 g/mol. The fraction of sp³-hybridized carbons (Fsp3) is 0.217. The fourth-order valence-corrected chi connectivity index (χ4v) is 3.22. The zero-order chi connectivity index (χ0) is 22.7. The molecule has 4 aromatic heterocycles. The molecular weight excluding hydrogens is 408 g/mol.